The summed E-state index contributed by atoms with van der Waals surface area (Å²) in [5.74, 6) is 0.569. The Kier molecular flexibility index (Phi) is 4.86. The second-order valence-electron chi connectivity index (χ2n) is 5.69. The third kappa shape index (κ3) is 3.49. The lowest BCUT2D eigenvalue weighted by Gasteiger charge is -2.27. The molecule has 9 heteroatoms. The summed E-state index contributed by atoms with van der Waals surface area (Å²) >= 11 is 13.3. The number of sulfonamides is 1. The first-order valence-corrected chi connectivity index (χ1v) is 10.5. The zero-order chi connectivity index (χ0) is 16.8. The molecule has 1 aromatic rings. The summed E-state index contributed by atoms with van der Waals surface area (Å²) in [6, 6.07) is 3.77. The number of nitrogens with zero attached hydrogens (tertiary/aromatic N) is 2. The van der Waals surface area contributed by atoms with E-state index in [1.807, 2.05) is 0 Å². The molecule has 1 aromatic carbocycles. The van der Waals surface area contributed by atoms with Crippen molar-refractivity contribution in [2.75, 3.05) is 18.7 Å². The first-order chi connectivity index (χ1) is 10.8. The van der Waals surface area contributed by atoms with Gasteiger partial charge in [-0.1, -0.05) is 23.2 Å². The topological polar surface area (TPSA) is 57.7 Å². The Bertz CT molecular complexity index is 717. The molecule has 1 unspecified atom stereocenters. The molecule has 1 saturated heterocycles. The van der Waals surface area contributed by atoms with Gasteiger partial charge in [-0.15, -0.1) is 11.8 Å². The molecule has 2 fully saturated rings. The lowest BCUT2D eigenvalue weighted by Crippen LogP contribution is -2.48. The number of halogens is 2. The SMILES string of the molecule is CN(C(=O)C1CSCN1S(=O)(=O)c1cc(Cl)cc(Cl)c1)C1CC1. The van der Waals surface area contributed by atoms with Gasteiger partial charge in [0.15, 0.2) is 0 Å². The van der Waals surface area contributed by atoms with Gasteiger partial charge in [0.1, 0.15) is 6.04 Å². The highest BCUT2D eigenvalue weighted by atomic mass is 35.5. The van der Waals surface area contributed by atoms with Crippen molar-refractivity contribution in [3.8, 4) is 0 Å². The maximum Gasteiger partial charge on any atom is 0.244 e. The van der Waals surface area contributed by atoms with Gasteiger partial charge in [-0.2, -0.15) is 4.31 Å². The summed E-state index contributed by atoms with van der Waals surface area (Å²) < 4.78 is 27.0. The molecular weight excluding hydrogens is 379 g/mol. The van der Waals surface area contributed by atoms with Crippen molar-refractivity contribution < 1.29 is 13.2 Å². The largest absolute Gasteiger partial charge is 0.341 e. The zero-order valence-electron chi connectivity index (χ0n) is 12.4. The van der Waals surface area contributed by atoms with Crippen LogP contribution in [-0.4, -0.2) is 54.3 Å². The van der Waals surface area contributed by atoms with Gasteiger partial charge in [0, 0.05) is 28.9 Å². The molecule has 126 valence electrons. The number of thioether (sulfide) groups is 1. The van der Waals surface area contributed by atoms with Crippen molar-refractivity contribution in [3.05, 3.63) is 28.2 Å². The van der Waals surface area contributed by atoms with E-state index >= 15 is 0 Å². The maximum atomic E-state index is 12.9. The van der Waals surface area contributed by atoms with Gasteiger partial charge >= 0.3 is 0 Å². The predicted molar refractivity (Wildman–Crippen MR) is 92.4 cm³/mol. The van der Waals surface area contributed by atoms with Gasteiger partial charge in [0.25, 0.3) is 0 Å². The molecule has 5 nitrogen and oxygen atoms in total. The minimum Gasteiger partial charge on any atom is -0.341 e. The van der Waals surface area contributed by atoms with Crippen LogP contribution in [0.25, 0.3) is 0 Å². The predicted octanol–water partition coefficient (Wildman–Crippen LogP) is 2.68. The number of benzene rings is 1. The van der Waals surface area contributed by atoms with E-state index in [1.165, 1.54) is 34.3 Å². The highest BCUT2D eigenvalue weighted by Crippen LogP contribution is 2.33. The zero-order valence-corrected chi connectivity index (χ0v) is 15.6. The average molecular weight is 395 g/mol. The van der Waals surface area contributed by atoms with Gasteiger partial charge in [-0.3, -0.25) is 4.79 Å². The Balaban J connectivity index is 1.90. The molecule has 0 spiro atoms. The number of hydrogen-bond donors (Lipinski definition) is 0. The fraction of sp³-hybridized carbons (Fsp3) is 0.500. The van der Waals surface area contributed by atoms with Crippen molar-refractivity contribution in [1.29, 1.82) is 0 Å². The monoisotopic (exact) mass is 394 g/mol. The second-order valence-corrected chi connectivity index (χ2v) is 9.46. The summed E-state index contributed by atoms with van der Waals surface area (Å²) in [7, 11) is -2.08. The molecule has 3 rings (SSSR count). The molecule has 23 heavy (non-hydrogen) atoms. The first-order valence-electron chi connectivity index (χ1n) is 7.13. The summed E-state index contributed by atoms with van der Waals surface area (Å²) in [5, 5.41) is 0.502. The van der Waals surface area contributed by atoms with Crippen molar-refractivity contribution >= 4 is 50.9 Å². The molecule has 0 N–H and O–H groups in total. The Hall–Kier alpha value is -0.470. The highest BCUT2D eigenvalue weighted by Gasteiger charge is 2.43. The van der Waals surface area contributed by atoms with Crippen LogP contribution in [0.3, 0.4) is 0 Å². The van der Waals surface area contributed by atoms with Crippen molar-refractivity contribution in [3.63, 3.8) is 0 Å². The Morgan fingerprint density at radius 3 is 2.43 bits per heavy atom. The smallest absolute Gasteiger partial charge is 0.244 e. The van der Waals surface area contributed by atoms with Crippen LogP contribution < -0.4 is 0 Å². The third-order valence-electron chi connectivity index (χ3n) is 4.01. The van der Waals surface area contributed by atoms with Gasteiger partial charge in [-0.05, 0) is 31.0 Å². The minimum atomic E-state index is -3.82. The van der Waals surface area contributed by atoms with Crippen LogP contribution in [0.2, 0.25) is 10.0 Å². The molecule has 1 atom stereocenters. The number of carbonyl (C=O) groups is 1. The van der Waals surface area contributed by atoms with Crippen LogP contribution in [0.5, 0.6) is 0 Å². The minimum absolute atomic E-state index is 0.0179. The van der Waals surface area contributed by atoms with Gasteiger partial charge in [0.05, 0.1) is 10.8 Å². The number of rotatable bonds is 4. The van der Waals surface area contributed by atoms with Crippen LogP contribution in [0, 0.1) is 0 Å². The van der Waals surface area contributed by atoms with E-state index < -0.39 is 16.1 Å². The van der Waals surface area contributed by atoms with Crippen molar-refractivity contribution in [1.82, 2.24) is 9.21 Å². The van der Waals surface area contributed by atoms with Crippen LogP contribution in [0.15, 0.2) is 23.1 Å². The average Bonchev–Trinajstić information content (AvgIpc) is 3.20. The molecule has 1 aliphatic carbocycles. The van der Waals surface area contributed by atoms with Crippen LogP contribution in [0.4, 0.5) is 0 Å². The molecule has 1 saturated carbocycles. The molecule has 0 aromatic heterocycles. The van der Waals surface area contributed by atoms with Gasteiger partial charge in [0.2, 0.25) is 15.9 Å². The van der Waals surface area contributed by atoms with E-state index in [0.717, 1.165) is 12.8 Å². The molecule has 1 aliphatic heterocycles. The summed E-state index contributed by atoms with van der Waals surface area (Å²) in [6.45, 7) is 0. The Morgan fingerprint density at radius 1 is 1.26 bits per heavy atom. The van der Waals surface area contributed by atoms with Crippen LogP contribution in [0.1, 0.15) is 12.8 Å². The molecule has 1 amide bonds. The van der Waals surface area contributed by atoms with E-state index in [2.05, 4.69) is 0 Å². The fourth-order valence-electron chi connectivity index (χ4n) is 2.55. The molecule has 2 aliphatic rings. The number of amides is 1. The van der Waals surface area contributed by atoms with Gasteiger partial charge in [-0.25, -0.2) is 8.42 Å². The van der Waals surface area contributed by atoms with Crippen molar-refractivity contribution in [2.24, 2.45) is 0 Å². The molecule has 0 bridgehead atoms. The first kappa shape index (κ1) is 17.4. The van der Waals surface area contributed by atoms with Gasteiger partial charge < -0.3 is 4.90 Å². The number of hydrogen-bond acceptors (Lipinski definition) is 4. The standard InChI is InChI=1S/C14H16Cl2N2O3S2/c1-17(11-2-3-11)14(19)13-7-22-8-18(13)23(20,21)12-5-9(15)4-10(16)6-12/h4-6,11,13H,2-3,7-8H2,1H3. The molecular formula is C14H16Cl2N2O3S2. The number of likely N-dealkylation sites (N-methyl/N-ethyl adjacent to an activating group) is 1. The lowest BCUT2D eigenvalue weighted by atomic mass is 10.3. The van der Waals surface area contributed by atoms with E-state index in [4.69, 9.17) is 23.2 Å². The Morgan fingerprint density at radius 2 is 1.87 bits per heavy atom. The maximum absolute atomic E-state index is 12.9. The summed E-state index contributed by atoms with van der Waals surface area (Å²) in [4.78, 5) is 14.3. The normalized spacial score (nSPS) is 22.3. The fourth-order valence-corrected chi connectivity index (χ4v) is 6.41. The Labute approximate surface area is 150 Å². The summed E-state index contributed by atoms with van der Waals surface area (Å²) in [5.41, 5.74) is 0. The second kappa shape index (κ2) is 6.44. The molecule has 1 heterocycles. The van der Waals surface area contributed by atoms with E-state index in [-0.39, 0.29) is 32.8 Å². The lowest BCUT2D eigenvalue weighted by molar-refractivity contribution is -0.133. The van der Waals surface area contributed by atoms with Crippen LogP contribution in [-0.2, 0) is 14.8 Å². The quantitative estimate of drug-likeness (QED) is 0.787. The molecule has 0 radical (unpaired) electrons. The summed E-state index contributed by atoms with van der Waals surface area (Å²) in [6.07, 6.45) is 1.97. The van der Waals surface area contributed by atoms with E-state index in [9.17, 15) is 13.2 Å². The third-order valence-corrected chi connectivity index (χ3v) is 7.46. The van der Waals surface area contributed by atoms with Crippen molar-refractivity contribution in [2.45, 2.75) is 29.8 Å². The van der Waals surface area contributed by atoms with E-state index in [1.54, 1.807) is 11.9 Å². The highest BCUT2D eigenvalue weighted by molar-refractivity contribution is 8.00. The number of carbonyl (C=O) groups excluding carboxylic acids is 1. The van der Waals surface area contributed by atoms with Crippen LogP contribution >= 0.6 is 35.0 Å². The van der Waals surface area contributed by atoms with E-state index in [0.29, 0.717) is 5.75 Å².